The number of para-hydroxylation sites is 1. The van der Waals surface area contributed by atoms with Gasteiger partial charge < -0.3 is 10.1 Å². The number of nitrogens with one attached hydrogen (secondary N) is 1. The Kier molecular flexibility index (Phi) is 3.92. The van der Waals surface area contributed by atoms with Crippen molar-refractivity contribution in [2.45, 2.75) is 25.8 Å². The minimum absolute atomic E-state index is 0.0519. The Morgan fingerprint density at radius 1 is 1.35 bits per heavy atom. The molecule has 0 radical (unpaired) electrons. The first-order chi connectivity index (χ1) is 9.90. The van der Waals surface area contributed by atoms with Gasteiger partial charge in [-0.05, 0) is 31.0 Å². The molecule has 3 rings (SSSR count). The first kappa shape index (κ1) is 13.1. The molecule has 0 fully saturated rings. The maximum absolute atomic E-state index is 5.92. The number of fused-ring (bicyclic) bond motifs is 1. The lowest BCUT2D eigenvalue weighted by Gasteiger charge is -2.25. The predicted molar refractivity (Wildman–Crippen MR) is 77.8 cm³/mol. The molecule has 1 aromatic carbocycles. The average molecular weight is 269 g/mol. The van der Waals surface area contributed by atoms with Crippen LogP contribution < -0.4 is 10.1 Å². The molecule has 0 amide bonds. The van der Waals surface area contributed by atoms with Gasteiger partial charge in [0.05, 0.1) is 18.3 Å². The van der Waals surface area contributed by atoms with E-state index in [0.717, 1.165) is 37.4 Å². The van der Waals surface area contributed by atoms with Crippen molar-refractivity contribution in [1.29, 1.82) is 0 Å². The molecule has 104 valence electrons. The molecule has 4 heteroatoms. The Labute approximate surface area is 119 Å². The number of rotatable bonds is 4. The van der Waals surface area contributed by atoms with Crippen LogP contribution in [0.3, 0.4) is 0 Å². The highest BCUT2D eigenvalue weighted by Gasteiger charge is 2.22. The Morgan fingerprint density at radius 2 is 2.30 bits per heavy atom. The third kappa shape index (κ3) is 2.51. The van der Waals surface area contributed by atoms with Crippen LogP contribution in [0.25, 0.3) is 0 Å². The Morgan fingerprint density at radius 3 is 3.10 bits per heavy atom. The molecular weight excluding hydrogens is 250 g/mol. The van der Waals surface area contributed by atoms with E-state index in [2.05, 4.69) is 40.4 Å². The van der Waals surface area contributed by atoms with Crippen molar-refractivity contribution >= 4 is 0 Å². The van der Waals surface area contributed by atoms with E-state index in [4.69, 9.17) is 4.74 Å². The molecule has 20 heavy (non-hydrogen) atoms. The van der Waals surface area contributed by atoms with E-state index >= 15 is 0 Å². The van der Waals surface area contributed by atoms with Gasteiger partial charge in [-0.25, -0.2) is 9.97 Å². The Bertz CT molecular complexity index is 571. The molecule has 2 aromatic rings. The third-order valence-corrected chi connectivity index (χ3v) is 3.58. The second-order valence-corrected chi connectivity index (χ2v) is 4.91. The topological polar surface area (TPSA) is 47.0 Å². The zero-order valence-electron chi connectivity index (χ0n) is 11.7. The number of benzene rings is 1. The standard InChI is InChI=1S/C16H19N3O/c1-2-18-15(14-8-9-17-11-19-14)13-7-3-5-12-6-4-10-20-16(12)13/h3,5,7-9,11,15,18H,2,4,6,10H2,1H3. The van der Waals surface area contributed by atoms with Gasteiger partial charge in [0.25, 0.3) is 0 Å². The van der Waals surface area contributed by atoms with Gasteiger partial charge in [-0.1, -0.05) is 25.1 Å². The number of aromatic nitrogens is 2. The molecule has 2 heterocycles. The maximum atomic E-state index is 5.92. The van der Waals surface area contributed by atoms with E-state index in [1.807, 2.05) is 6.07 Å². The van der Waals surface area contributed by atoms with Crippen LogP contribution >= 0.6 is 0 Å². The van der Waals surface area contributed by atoms with E-state index < -0.39 is 0 Å². The average Bonchev–Trinajstić information content (AvgIpc) is 2.53. The molecule has 1 aliphatic rings. The van der Waals surface area contributed by atoms with Crippen molar-refractivity contribution in [2.75, 3.05) is 13.2 Å². The monoisotopic (exact) mass is 269 g/mol. The smallest absolute Gasteiger partial charge is 0.127 e. The van der Waals surface area contributed by atoms with Crippen LogP contribution in [0.5, 0.6) is 5.75 Å². The van der Waals surface area contributed by atoms with Gasteiger partial charge in [0, 0.05) is 11.8 Å². The molecular formula is C16H19N3O. The summed E-state index contributed by atoms with van der Waals surface area (Å²) in [4.78, 5) is 8.39. The lowest BCUT2D eigenvalue weighted by atomic mass is 9.96. The summed E-state index contributed by atoms with van der Waals surface area (Å²) in [5.74, 6) is 1.03. The van der Waals surface area contributed by atoms with Crippen molar-refractivity contribution in [2.24, 2.45) is 0 Å². The van der Waals surface area contributed by atoms with Crippen LogP contribution in [0.2, 0.25) is 0 Å². The van der Waals surface area contributed by atoms with Gasteiger partial charge in [-0.2, -0.15) is 0 Å². The van der Waals surface area contributed by atoms with Gasteiger partial charge in [0.2, 0.25) is 0 Å². The van der Waals surface area contributed by atoms with Crippen molar-refractivity contribution in [3.8, 4) is 5.75 Å². The zero-order chi connectivity index (χ0) is 13.8. The molecule has 0 aliphatic carbocycles. The van der Waals surface area contributed by atoms with Crippen LogP contribution in [0.1, 0.15) is 36.2 Å². The van der Waals surface area contributed by atoms with Crippen molar-refractivity contribution in [3.63, 3.8) is 0 Å². The minimum atomic E-state index is 0.0519. The SMILES string of the molecule is CCNC(c1ccncn1)c1cccc2c1OCCC2. The summed E-state index contributed by atoms with van der Waals surface area (Å²) in [6, 6.07) is 8.39. The van der Waals surface area contributed by atoms with Crippen LogP contribution in [0.4, 0.5) is 0 Å². The fourth-order valence-electron chi connectivity index (χ4n) is 2.69. The second-order valence-electron chi connectivity index (χ2n) is 4.91. The van der Waals surface area contributed by atoms with E-state index in [9.17, 15) is 0 Å². The van der Waals surface area contributed by atoms with Gasteiger partial charge in [-0.15, -0.1) is 0 Å². The number of nitrogens with zero attached hydrogens (tertiary/aromatic N) is 2. The van der Waals surface area contributed by atoms with Gasteiger partial charge >= 0.3 is 0 Å². The van der Waals surface area contributed by atoms with Gasteiger partial charge in [0.1, 0.15) is 12.1 Å². The first-order valence-corrected chi connectivity index (χ1v) is 7.14. The molecule has 1 N–H and O–H groups in total. The fraction of sp³-hybridized carbons (Fsp3) is 0.375. The van der Waals surface area contributed by atoms with Crippen molar-refractivity contribution in [3.05, 3.63) is 53.6 Å². The van der Waals surface area contributed by atoms with Crippen LogP contribution in [-0.4, -0.2) is 23.1 Å². The molecule has 1 atom stereocenters. The predicted octanol–water partition coefficient (Wildman–Crippen LogP) is 2.50. The van der Waals surface area contributed by atoms with E-state index in [1.54, 1.807) is 12.5 Å². The first-order valence-electron chi connectivity index (χ1n) is 7.14. The summed E-state index contributed by atoms with van der Waals surface area (Å²) in [6.45, 7) is 3.77. The van der Waals surface area contributed by atoms with Gasteiger partial charge in [0.15, 0.2) is 0 Å². The van der Waals surface area contributed by atoms with Crippen molar-refractivity contribution < 1.29 is 4.74 Å². The van der Waals surface area contributed by atoms with E-state index in [0.29, 0.717) is 0 Å². The van der Waals surface area contributed by atoms with Crippen LogP contribution in [0.15, 0.2) is 36.8 Å². The van der Waals surface area contributed by atoms with Crippen LogP contribution in [-0.2, 0) is 6.42 Å². The number of aryl methyl sites for hydroxylation is 1. The summed E-state index contributed by atoms with van der Waals surface area (Å²) >= 11 is 0. The molecule has 4 nitrogen and oxygen atoms in total. The van der Waals surface area contributed by atoms with E-state index in [1.165, 1.54) is 11.1 Å². The largest absolute Gasteiger partial charge is 0.493 e. The summed E-state index contributed by atoms with van der Waals surface area (Å²) in [7, 11) is 0. The highest BCUT2D eigenvalue weighted by atomic mass is 16.5. The quantitative estimate of drug-likeness (QED) is 0.926. The third-order valence-electron chi connectivity index (χ3n) is 3.58. The van der Waals surface area contributed by atoms with Crippen molar-refractivity contribution in [1.82, 2.24) is 15.3 Å². The molecule has 0 saturated heterocycles. The number of hydrogen-bond donors (Lipinski definition) is 1. The highest BCUT2D eigenvalue weighted by Crippen LogP contribution is 2.34. The maximum Gasteiger partial charge on any atom is 0.127 e. The summed E-state index contributed by atoms with van der Waals surface area (Å²) in [5.41, 5.74) is 3.44. The molecule has 1 aliphatic heterocycles. The zero-order valence-corrected chi connectivity index (χ0v) is 11.7. The minimum Gasteiger partial charge on any atom is -0.493 e. The summed E-state index contributed by atoms with van der Waals surface area (Å²) in [5, 5.41) is 3.50. The fourth-order valence-corrected chi connectivity index (χ4v) is 2.69. The number of hydrogen-bond acceptors (Lipinski definition) is 4. The second kappa shape index (κ2) is 6.01. The lowest BCUT2D eigenvalue weighted by Crippen LogP contribution is -2.24. The van der Waals surface area contributed by atoms with Crippen LogP contribution in [0, 0.1) is 0 Å². The molecule has 1 aromatic heterocycles. The summed E-state index contributed by atoms with van der Waals surface area (Å²) in [6.07, 6.45) is 5.56. The summed E-state index contributed by atoms with van der Waals surface area (Å²) < 4.78 is 5.92. The number of ether oxygens (including phenoxy) is 1. The lowest BCUT2D eigenvalue weighted by molar-refractivity contribution is 0.283. The Hall–Kier alpha value is -1.94. The molecule has 0 bridgehead atoms. The Balaban J connectivity index is 2.04. The molecule has 1 unspecified atom stereocenters. The van der Waals surface area contributed by atoms with Gasteiger partial charge in [-0.3, -0.25) is 0 Å². The van der Waals surface area contributed by atoms with E-state index in [-0.39, 0.29) is 6.04 Å². The normalized spacial score (nSPS) is 15.2. The molecule has 0 saturated carbocycles. The highest BCUT2D eigenvalue weighted by molar-refractivity contribution is 5.46. The molecule has 0 spiro atoms.